The van der Waals surface area contributed by atoms with Gasteiger partial charge in [-0.3, -0.25) is 21.2 Å². The summed E-state index contributed by atoms with van der Waals surface area (Å²) in [7, 11) is 0. The van der Waals surface area contributed by atoms with Gasteiger partial charge in [0.25, 0.3) is 0 Å². The van der Waals surface area contributed by atoms with Crippen LogP contribution in [0, 0.1) is 5.82 Å². The number of hydrogen-bond donors (Lipinski definition) is 2. The standard InChI is InChI=1S/C12H12BrFN4/c13-8-3-4-9(17-7-8)6-11(18-15)12-10(14)2-1-5-16-12/h1-5,7,11,18H,6,15H2. The van der Waals surface area contributed by atoms with Crippen molar-refractivity contribution in [3.05, 3.63) is 58.3 Å². The number of hydrogen-bond acceptors (Lipinski definition) is 4. The molecule has 0 aliphatic carbocycles. The minimum Gasteiger partial charge on any atom is -0.271 e. The van der Waals surface area contributed by atoms with E-state index in [2.05, 4.69) is 31.3 Å². The molecule has 0 amide bonds. The maximum Gasteiger partial charge on any atom is 0.146 e. The molecule has 0 radical (unpaired) electrons. The second-order valence-electron chi connectivity index (χ2n) is 3.76. The fourth-order valence-electron chi connectivity index (χ4n) is 1.63. The SMILES string of the molecule is NNC(Cc1ccc(Br)cn1)c1ncccc1F. The number of pyridine rings is 2. The summed E-state index contributed by atoms with van der Waals surface area (Å²) in [5, 5.41) is 0. The molecule has 2 heterocycles. The van der Waals surface area contributed by atoms with Gasteiger partial charge >= 0.3 is 0 Å². The van der Waals surface area contributed by atoms with Crippen molar-refractivity contribution in [3.8, 4) is 0 Å². The van der Waals surface area contributed by atoms with Crippen molar-refractivity contribution < 1.29 is 4.39 Å². The molecule has 2 aromatic heterocycles. The molecular formula is C12H12BrFN4. The van der Waals surface area contributed by atoms with Gasteiger partial charge in [0, 0.05) is 29.0 Å². The Morgan fingerprint density at radius 1 is 1.33 bits per heavy atom. The smallest absolute Gasteiger partial charge is 0.146 e. The number of aromatic nitrogens is 2. The predicted molar refractivity (Wildman–Crippen MR) is 69.9 cm³/mol. The molecule has 0 spiro atoms. The molecule has 94 valence electrons. The Balaban J connectivity index is 2.20. The monoisotopic (exact) mass is 310 g/mol. The Morgan fingerprint density at radius 3 is 2.78 bits per heavy atom. The molecule has 0 fully saturated rings. The van der Waals surface area contributed by atoms with E-state index in [1.165, 1.54) is 12.3 Å². The molecule has 0 aromatic carbocycles. The maximum atomic E-state index is 13.6. The van der Waals surface area contributed by atoms with E-state index in [-0.39, 0.29) is 5.82 Å². The number of rotatable bonds is 4. The third-order valence-electron chi connectivity index (χ3n) is 2.52. The minimum absolute atomic E-state index is 0.296. The zero-order valence-electron chi connectivity index (χ0n) is 9.48. The summed E-state index contributed by atoms with van der Waals surface area (Å²) in [6.45, 7) is 0. The first-order valence-corrected chi connectivity index (χ1v) is 6.17. The van der Waals surface area contributed by atoms with Gasteiger partial charge in [-0.15, -0.1) is 0 Å². The van der Waals surface area contributed by atoms with E-state index in [4.69, 9.17) is 5.84 Å². The number of halogens is 2. The lowest BCUT2D eigenvalue weighted by atomic mass is 10.1. The third kappa shape index (κ3) is 3.10. The minimum atomic E-state index is -0.403. The zero-order valence-corrected chi connectivity index (χ0v) is 11.1. The van der Waals surface area contributed by atoms with Crippen LogP contribution in [0.5, 0.6) is 0 Å². The fourth-order valence-corrected chi connectivity index (χ4v) is 1.86. The van der Waals surface area contributed by atoms with E-state index < -0.39 is 6.04 Å². The summed E-state index contributed by atoms with van der Waals surface area (Å²) < 4.78 is 14.5. The van der Waals surface area contributed by atoms with Crippen LogP contribution < -0.4 is 11.3 Å². The highest BCUT2D eigenvalue weighted by atomic mass is 79.9. The molecule has 4 nitrogen and oxygen atoms in total. The lowest BCUT2D eigenvalue weighted by Crippen LogP contribution is -2.31. The van der Waals surface area contributed by atoms with E-state index in [0.29, 0.717) is 12.1 Å². The second kappa shape index (κ2) is 5.99. The van der Waals surface area contributed by atoms with Gasteiger partial charge in [-0.2, -0.15) is 0 Å². The second-order valence-corrected chi connectivity index (χ2v) is 4.68. The van der Waals surface area contributed by atoms with Crippen LogP contribution in [0.1, 0.15) is 17.4 Å². The summed E-state index contributed by atoms with van der Waals surface area (Å²) >= 11 is 3.31. The van der Waals surface area contributed by atoms with Gasteiger partial charge in [0.15, 0.2) is 0 Å². The largest absolute Gasteiger partial charge is 0.271 e. The first-order valence-electron chi connectivity index (χ1n) is 5.37. The summed E-state index contributed by atoms with van der Waals surface area (Å²) in [4.78, 5) is 8.24. The van der Waals surface area contributed by atoms with E-state index in [9.17, 15) is 4.39 Å². The highest BCUT2D eigenvalue weighted by Crippen LogP contribution is 2.18. The van der Waals surface area contributed by atoms with Gasteiger partial charge in [-0.1, -0.05) is 0 Å². The summed E-state index contributed by atoms with van der Waals surface area (Å²) in [5.41, 5.74) is 3.68. The molecule has 6 heteroatoms. The van der Waals surface area contributed by atoms with Crippen LogP contribution in [-0.2, 0) is 6.42 Å². The number of nitrogens with two attached hydrogens (primary N) is 1. The summed E-state index contributed by atoms with van der Waals surface area (Å²) in [5.74, 6) is 5.08. The maximum absolute atomic E-state index is 13.6. The molecule has 3 N–H and O–H groups in total. The van der Waals surface area contributed by atoms with Crippen LogP contribution in [0.3, 0.4) is 0 Å². The van der Waals surface area contributed by atoms with Gasteiger partial charge < -0.3 is 0 Å². The average molecular weight is 311 g/mol. The van der Waals surface area contributed by atoms with E-state index >= 15 is 0 Å². The first kappa shape index (κ1) is 13.1. The fraction of sp³-hybridized carbons (Fsp3) is 0.167. The van der Waals surface area contributed by atoms with Crippen molar-refractivity contribution >= 4 is 15.9 Å². The topological polar surface area (TPSA) is 63.8 Å². The van der Waals surface area contributed by atoms with E-state index in [1.54, 1.807) is 12.3 Å². The Hall–Kier alpha value is -1.37. The molecule has 1 unspecified atom stereocenters. The van der Waals surface area contributed by atoms with Crippen LogP contribution >= 0.6 is 15.9 Å². The molecule has 0 bridgehead atoms. The van der Waals surface area contributed by atoms with Crippen molar-refractivity contribution in [2.75, 3.05) is 0 Å². The average Bonchev–Trinajstić information content (AvgIpc) is 2.39. The zero-order chi connectivity index (χ0) is 13.0. The van der Waals surface area contributed by atoms with Crippen LogP contribution in [0.25, 0.3) is 0 Å². The molecule has 0 saturated carbocycles. The quantitative estimate of drug-likeness (QED) is 0.671. The highest BCUT2D eigenvalue weighted by molar-refractivity contribution is 9.10. The van der Waals surface area contributed by atoms with Gasteiger partial charge in [-0.25, -0.2) is 4.39 Å². The van der Waals surface area contributed by atoms with Crippen molar-refractivity contribution in [1.29, 1.82) is 0 Å². The predicted octanol–water partition coefficient (Wildman–Crippen LogP) is 2.13. The van der Waals surface area contributed by atoms with Crippen molar-refractivity contribution in [3.63, 3.8) is 0 Å². The first-order chi connectivity index (χ1) is 8.70. The van der Waals surface area contributed by atoms with Crippen molar-refractivity contribution in [2.45, 2.75) is 12.5 Å². The summed E-state index contributed by atoms with van der Waals surface area (Å²) in [6.07, 6.45) is 3.70. The van der Waals surface area contributed by atoms with E-state index in [0.717, 1.165) is 10.2 Å². The molecule has 0 aliphatic heterocycles. The van der Waals surface area contributed by atoms with Crippen LogP contribution in [0.15, 0.2) is 41.1 Å². The Morgan fingerprint density at radius 2 is 2.17 bits per heavy atom. The molecule has 2 rings (SSSR count). The molecule has 1 atom stereocenters. The highest BCUT2D eigenvalue weighted by Gasteiger charge is 2.16. The molecule has 2 aromatic rings. The Kier molecular flexibility index (Phi) is 4.35. The van der Waals surface area contributed by atoms with Crippen molar-refractivity contribution in [2.24, 2.45) is 5.84 Å². The molecule has 18 heavy (non-hydrogen) atoms. The summed E-state index contributed by atoms with van der Waals surface area (Å²) in [6, 6.07) is 6.24. The Bertz CT molecular complexity index is 518. The van der Waals surface area contributed by atoms with Crippen molar-refractivity contribution in [1.82, 2.24) is 15.4 Å². The van der Waals surface area contributed by atoms with Gasteiger partial charge in [0.2, 0.25) is 0 Å². The van der Waals surface area contributed by atoms with Gasteiger partial charge in [-0.05, 0) is 40.2 Å². The lowest BCUT2D eigenvalue weighted by molar-refractivity contribution is 0.491. The van der Waals surface area contributed by atoms with Crippen LogP contribution in [0.4, 0.5) is 4.39 Å². The normalized spacial score (nSPS) is 12.4. The molecule has 0 saturated heterocycles. The number of nitrogens with one attached hydrogen (secondary N) is 1. The van der Waals surface area contributed by atoms with Crippen LogP contribution in [0.2, 0.25) is 0 Å². The number of hydrazine groups is 1. The van der Waals surface area contributed by atoms with Gasteiger partial charge in [0.1, 0.15) is 5.82 Å². The number of nitrogens with zero attached hydrogens (tertiary/aromatic N) is 2. The lowest BCUT2D eigenvalue weighted by Gasteiger charge is -2.15. The van der Waals surface area contributed by atoms with Gasteiger partial charge in [0.05, 0.1) is 11.7 Å². The Labute approximate surface area is 113 Å². The molecule has 0 aliphatic rings. The van der Waals surface area contributed by atoms with E-state index in [1.807, 2.05) is 12.1 Å². The van der Waals surface area contributed by atoms with Crippen LogP contribution in [-0.4, -0.2) is 9.97 Å². The third-order valence-corrected chi connectivity index (χ3v) is 2.99. The molecular weight excluding hydrogens is 299 g/mol.